The Balaban J connectivity index is 1.56. The first kappa shape index (κ1) is 22.8. The normalized spacial score (nSPS) is 14.5. The third kappa shape index (κ3) is 3.98. The summed E-state index contributed by atoms with van der Waals surface area (Å²) in [5, 5.41) is 7.78. The Bertz CT molecular complexity index is 1560. The van der Waals surface area contributed by atoms with Gasteiger partial charge in [-0.15, -0.1) is 0 Å². The van der Waals surface area contributed by atoms with Crippen LogP contribution in [-0.2, 0) is 13.0 Å². The van der Waals surface area contributed by atoms with E-state index in [1.165, 1.54) is 6.07 Å². The minimum atomic E-state index is -0.475. The van der Waals surface area contributed by atoms with Gasteiger partial charge in [0.1, 0.15) is 11.6 Å². The number of halogens is 1. The predicted octanol–water partition coefficient (Wildman–Crippen LogP) is 6.50. The van der Waals surface area contributed by atoms with Crippen molar-refractivity contribution in [1.82, 2.24) is 19.2 Å². The van der Waals surface area contributed by atoms with E-state index in [0.717, 1.165) is 34.0 Å². The highest BCUT2D eigenvalue weighted by Gasteiger charge is 2.36. The van der Waals surface area contributed by atoms with E-state index >= 15 is 0 Å². The van der Waals surface area contributed by atoms with Gasteiger partial charge in [-0.25, -0.2) is 13.9 Å². The molecule has 5 aromatic rings. The number of para-hydroxylation sites is 2. The monoisotopic (exact) mass is 491 g/mol. The quantitative estimate of drug-likeness (QED) is 0.312. The van der Waals surface area contributed by atoms with Crippen LogP contribution in [0.4, 0.5) is 14.9 Å². The number of carbonyl (C=O) groups is 1. The van der Waals surface area contributed by atoms with Gasteiger partial charge in [0, 0.05) is 11.8 Å². The molecule has 3 heterocycles. The van der Waals surface area contributed by atoms with Crippen molar-refractivity contribution in [3.05, 3.63) is 132 Å². The highest BCUT2D eigenvalue weighted by atomic mass is 19.1. The maximum atomic E-state index is 14.5. The van der Waals surface area contributed by atoms with Crippen molar-refractivity contribution < 1.29 is 9.18 Å². The van der Waals surface area contributed by atoms with Gasteiger partial charge in [0.05, 0.1) is 35.3 Å². The number of aryl methyl sites for hydroxylation is 1. The molecule has 3 aromatic carbocycles. The Hall–Kier alpha value is -4.65. The number of nitrogens with one attached hydrogen (secondary N) is 1. The van der Waals surface area contributed by atoms with Crippen LogP contribution < -0.4 is 5.32 Å². The van der Waals surface area contributed by atoms with Crippen molar-refractivity contribution in [2.24, 2.45) is 0 Å². The highest BCUT2D eigenvalue weighted by Crippen LogP contribution is 2.39. The number of nitrogens with zero attached hydrogens (tertiary/aromatic N) is 4. The van der Waals surface area contributed by atoms with E-state index < -0.39 is 11.9 Å². The Morgan fingerprint density at radius 1 is 0.946 bits per heavy atom. The molecule has 2 aromatic heterocycles. The number of aromatic nitrogens is 3. The molecule has 1 N–H and O–H groups in total. The van der Waals surface area contributed by atoms with E-state index in [2.05, 4.69) is 16.8 Å². The van der Waals surface area contributed by atoms with Crippen LogP contribution in [0.25, 0.3) is 11.5 Å². The summed E-state index contributed by atoms with van der Waals surface area (Å²) in [5.41, 5.74) is 4.86. The molecule has 37 heavy (non-hydrogen) atoms. The Morgan fingerprint density at radius 3 is 2.38 bits per heavy atom. The molecular weight excluding hydrogens is 465 g/mol. The fraction of sp³-hybridized carbons (Fsp3) is 0.133. The number of anilines is 1. The SMILES string of the molecule is CCc1nn(-c2ccccc2)c2c1CN(C(=O)Nc1ccccc1F)[C@@H](c1ccccc1)c1cccn1-2. The lowest BCUT2D eigenvalue weighted by Gasteiger charge is -2.31. The molecule has 0 spiro atoms. The fourth-order valence-electron chi connectivity index (χ4n) is 5.08. The minimum absolute atomic E-state index is 0.148. The van der Waals surface area contributed by atoms with Crippen LogP contribution in [0.15, 0.2) is 103 Å². The molecule has 2 amide bonds. The first-order valence-corrected chi connectivity index (χ1v) is 12.4. The zero-order chi connectivity index (χ0) is 25.4. The van der Waals surface area contributed by atoms with Crippen molar-refractivity contribution >= 4 is 11.7 Å². The molecule has 1 atom stereocenters. The first-order chi connectivity index (χ1) is 18.2. The molecule has 1 aliphatic rings. The number of benzene rings is 3. The summed E-state index contributed by atoms with van der Waals surface area (Å²) in [4.78, 5) is 15.7. The topological polar surface area (TPSA) is 55.1 Å². The Labute approximate surface area is 214 Å². The van der Waals surface area contributed by atoms with E-state index in [1.807, 2.05) is 83.7 Å². The Kier molecular flexibility index (Phi) is 5.81. The van der Waals surface area contributed by atoms with Gasteiger partial charge in [-0.05, 0) is 48.4 Å². The lowest BCUT2D eigenvalue weighted by Crippen LogP contribution is -2.38. The molecule has 0 bridgehead atoms. The molecule has 0 fully saturated rings. The molecule has 6 nitrogen and oxygen atoms in total. The largest absolute Gasteiger partial charge is 0.323 e. The number of amides is 2. The second-order valence-electron chi connectivity index (χ2n) is 9.00. The summed E-state index contributed by atoms with van der Waals surface area (Å²) in [7, 11) is 0. The number of carbonyl (C=O) groups excluding carboxylic acids is 1. The summed E-state index contributed by atoms with van der Waals surface area (Å²) in [5.74, 6) is 0.433. The van der Waals surface area contributed by atoms with Gasteiger partial charge in [-0.3, -0.25) is 0 Å². The van der Waals surface area contributed by atoms with E-state index in [1.54, 1.807) is 23.1 Å². The molecule has 7 heteroatoms. The van der Waals surface area contributed by atoms with Gasteiger partial charge in [0.25, 0.3) is 0 Å². The van der Waals surface area contributed by atoms with Crippen molar-refractivity contribution in [1.29, 1.82) is 0 Å². The second kappa shape index (κ2) is 9.43. The van der Waals surface area contributed by atoms with Crippen molar-refractivity contribution in [3.8, 4) is 11.5 Å². The molecule has 0 aliphatic carbocycles. The van der Waals surface area contributed by atoms with Gasteiger partial charge in [0.2, 0.25) is 0 Å². The van der Waals surface area contributed by atoms with E-state index in [0.29, 0.717) is 13.0 Å². The van der Waals surface area contributed by atoms with Crippen molar-refractivity contribution in [2.75, 3.05) is 5.32 Å². The molecule has 184 valence electrons. The number of hydrogen-bond donors (Lipinski definition) is 1. The standard InChI is InChI=1S/C30H26FN5O/c1-2-25-23-20-35(30(37)32-26-17-10-9-16-24(26)31)28(21-12-5-3-6-13-21)27-18-11-19-34(27)29(23)36(33-25)22-14-7-4-8-15-22/h3-19,28H,2,20H2,1H3,(H,32,37)/t28-/m0/s1. The predicted molar refractivity (Wildman–Crippen MR) is 142 cm³/mol. The zero-order valence-electron chi connectivity index (χ0n) is 20.4. The molecule has 0 saturated heterocycles. The number of fused-ring (bicyclic) bond motifs is 3. The summed E-state index contributed by atoms with van der Waals surface area (Å²) in [6.07, 6.45) is 2.72. The summed E-state index contributed by atoms with van der Waals surface area (Å²) in [6.45, 7) is 2.38. The van der Waals surface area contributed by atoms with E-state index in [-0.39, 0.29) is 11.7 Å². The first-order valence-electron chi connectivity index (χ1n) is 12.4. The van der Waals surface area contributed by atoms with Crippen LogP contribution in [0.1, 0.15) is 35.5 Å². The van der Waals surface area contributed by atoms with Crippen LogP contribution in [0.5, 0.6) is 0 Å². The summed E-state index contributed by atoms with van der Waals surface area (Å²) in [6, 6.07) is 29.4. The average Bonchev–Trinajstić information content (AvgIpc) is 3.52. The molecule has 0 unspecified atom stereocenters. The number of rotatable bonds is 4. The summed E-state index contributed by atoms with van der Waals surface area (Å²) >= 11 is 0. The van der Waals surface area contributed by atoms with E-state index in [4.69, 9.17) is 5.10 Å². The minimum Gasteiger partial charge on any atom is -0.307 e. The lowest BCUT2D eigenvalue weighted by atomic mass is 10.0. The molecular formula is C30H26FN5O. The van der Waals surface area contributed by atoms with Gasteiger partial charge >= 0.3 is 6.03 Å². The molecule has 6 rings (SSSR count). The van der Waals surface area contributed by atoms with Crippen molar-refractivity contribution in [2.45, 2.75) is 25.9 Å². The third-order valence-corrected chi connectivity index (χ3v) is 6.80. The maximum absolute atomic E-state index is 14.5. The van der Waals surface area contributed by atoms with Crippen LogP contribution in [0.2, 0.25) is 0 Å². The van der Waals surface area contributed by atoms with Gasteiger partial charge in [-0.1, -0.05) is 67.6 Å². The fourth-order valence-corrected chi connectivity index (χ4v) is 5.08. The van der Waals surface area contributed by atoms with Gasteiger partial charge in [-0.2, -0.15) is 5.10 Å². The summed E-state index contributed by atoms with van der Waals surface area (Å²) < 4.78 is 18.6. The lowest BCUT2D eigenvalue weighted by molar-refractivity contribution is 0.194. The molecule has 0 saturated carbocycles. The molecule has 0 radical (unpaired) electrons. The number of hydrogen-bond acceptors (Lipinski definition) is 2. The van der Waals surface area contributed by atoms with Gasteiger partial charge in [0.15, 0.2) is 0 Å². The third-order valence-electron chi connectivity index (χ3n) is 6.80. The molecule has 1 aliphatic heterocycles. The van der Waals surface area contributed by atoms with Crippen molar-refractivity contribution in [3.63, 3.8) is 0 Å². The smallest absolute Gasteiger partial charge is 0.307 e. The second-order valence-corrected chi connectivity index (χ2v) is 9.00. The number of urea groups is 1. The zero-order valence-corrected chi connectivity index (χ0v) is 20.4. The van der Waals surface area contributed by atoms with Crippen LogP contribution in [0, 0.1) is 5.82 Å². The van der Waals surface area contributed by atoms with Gasteiger partial charge < -0.3 is 14.8 Å². The maximum Gasteiger partial charge on any atom is 0.323 e. The van der Waals surface area contributed by atoms with Crippen LogP contribution >= 0.6 is 0 Å². The van der Waals surface area contributed by atoms with E-state index in [9.17, 15) is 9.18 Å². The highest BCUT2D eigenvalue weighted by molar-refractivity contribution is 5.90. The van der Waals surface area contributed by atoms with Crippen LogP contribution in [0.3, 0.4) is 0 Å². The van der Waals surface area contributed by atoms with Crippen LogP contribution in [-0.4, -0.2) is 25.3 Å². The Morgan fingerprint density at radius 2 is 1.65 bits per heavy atom. The average molecular weight is 492 g/mol.